The molecule has 0 bridgehead atoms. The van der Waals surface area contributed by atoms with Crippen LogP contribution in [0.3, 0.4) is 0 Å². The molecule has 1 N–H and O–H groups in total. The Labute approximate surface area is 127 Å². The molecule has 0 aromatic rings. The third-order valence-electron chi connectivity index (χ3n) is 4.69. The van der Waals surface area contributed by atoms with Crippen LogP contribution in [-0.4, -0.2) is 35.2 Å². The predicted octanol–water partition coefficient (Wildman–Crippen LogP) is 3.37. The second-order valence-electron chi connectivity index (χ2n) is 6.80. The number of nitrogens with one attached hydrogen (secondary N) is 1. The number of hydrogen-bond acceptors (Lipinski definition) is 4. The molecule has 4 heteroatoms. The molecule has 0 aromatic carbocycles. The molecule has 3 atom stereocenters. The van der Waals surface area contributed by atoms with Gasteiger partial charge in [-0.25, -0.2) is 0 Å². The molecule has 0 amide bonds. The number of methoxy groups -OCH3 is 1. The summed E-state index contributed by atoms with van der Waals surface area (Å²) in [7, 11) is 1.52. The van der Waals surface area contributed by atoms with E-state index in [0.717, 1.165) is 19.3 Å². The first-order valence-electron chi connectivity index (χ1n) is 7.98. The van der Waals surface area contributed by atoms with E-state index >= 15 is 0 Å². The summed E-state index contributed by atoms with van der Waals surface area (Å²) in [4.78, 5) is 12.3. The van der Waals surface area contributed by atoms with Crippen molar-refractivity contribution in [2.75, 3.05) is 7.11 Å². The number of ether oxygens (including phenoxy) is 1. The van der Waals surface area contributed by atoms with Gasteiger partial charge in [-0.1, -0.05) is 20.8 Å². The second kappa shape index (κ2) is 6.69. The van der Waals surface area contributed by atoms with Gasteiger partial charge in [-0.2, -0.15) is 11.8 Å². The lowest BCUT2D eigenvalue weighted by Crippen LogP contribution is -2.57. The van der Waals surface area contributed by atoms with Crippen LogP contribution < -0.4 is 5.32 Å². The minimum Gasteiger partial charge on any atom is -0.468 e. The molecule has 2 fully saturated rings. The highest BCUT2D eigenvalue weighted by atomic mass is 32.2. The maximum absolute atomic E-state index is 12.3. The van der Waals surface area contributed by atoms with Crippen LogP contribution in [0.5, 0.6) is 0 Å². The Balaban J connectivity index is 2.01. The summed E-state index contributed by atoms with van der Waals surface area (Å²) in [5, 5.41) is 4.82. The van der Waals surface area contributed by atoms with Crippen LogP contribution in [0.25, 0.3) is 0 Å². The van der Waals surface area contributed by atoms with Gasteiger partial charge in [-0.3, -0.25) is 10.1 Å². The zero-order valence-electron chi connectivity index (χ0n) is 13.3. The molecule has 0 heterocycles. The molecule has 20 heavy (non-hydrogen) atoms. The number of thioether (sulfide) groups is 1. The Kier molecular flexibility index (Phi) is 5.41. The van der Waals surface area contributed by atoms with Crippen LogP contribution in [0.2, 0.25) is 0 Å². The summed E-state index contributed by atoms with van der Waals surface area (Å²) < 4.78 is 5.11. The Morgan fingerprint density at radius 1 is 1.30 bits per heavy atom. The lowest BCUT2D eigenvalue weighted by atomic mass is 9.81. The largest absolute Gasteiger partial charge is 0.468 e. The number of rotatable bonds is 6. The van der Waals surface area contributed by atoms with Crippen molar-refractivity contribution in [1.29, 1.82) is 0 Å². The molecule has 2 saturated carbocycles. The lowest BCUT2D eigenvalue weighted by molar-refractivity contribution is -0.150. The van der Waals surface area contributed by atoms with E-state index in [1.54, 1.807) is 0 Å². The number of carbonyl (C=O) groups is 1. The molecule has 0 saturated heterocycles. The Bertz CT molecular complexity index is 343. The zero-order valence-corrected chi connectivity index (χ0v) is 14.1. The maximum Gasteiger partial charge on any atom is 0.326 e. The van der Waals surface area contributed by atoms with Crippen LogP contribution in [0, 0.1) is 5.92 Å². The van der Waals surface area contributed by atoms with Crippen LogP contribution in [0.1, 0.15) is 59.3 Å². The van der Waals surface area contributed by atoms with E-state index in [1.807, 2.05) is 0 Å². The van der Waals surface area contributed by atoms with Gasteiger partial charge in [0.15, 0.2) is 0 Å². The first-order chi connectivity index (χ1) is 9.47. The monoisotopic (exact) mass is 299 g/mol. The van der Waals surface area contributed by atoms with E-state index < -0.39 is 5.54 Å². The highest BCUT2D eigenvalue weighted by Gasteiger charge is 2.46. The molecule has 0 aromatic heterocycles. The SMILES string of the molecule is COC(=O)C1(NC2CC2)CCCC(SC(C)C(C)C)C1. The van der Waals surface area contributed by atoms with Crippen molar-refractivity contribution in [3.05, 3.63) is 0 Å². The summed E-state index contributed by atoms with van der Waals surface area (Å²) >= 11 is 2.06. The van der Waals surface area contributed by atoms with Crippen molar-refractivity contribution in [3.63, 3.8) is 0 Å². The third kappa shape index (κ3) is 3.91. The molecular weight excluding hydrogens is 270 g/mol. The fourth-order valence-corrected chi connectivity index (χ4v) is 4.60. The Morgan fingerprint density at radius 3 is 2.55 bits per heavy atom. The third-order valence-corrected chi connectivity index (χ3v) is 6.45. The normalized spacial score (nSPS) is 32.1. The highest BCUT2D eigenvalue weighted by Crippen LogP contribution is 2.40. The van der Waals surface area contributed by atoms with Gasteiger partial charge in [0.25, 0.3) is 0 Å². The number of carbonyl (C=O) groups excluding carboxylic acids is 1. The molecule has 0 radical (unpaired) electrons. The standard InChI is InChI=1S/C16H29NO2S/c1-11(2)12(3)20-14-6-5-9-16(10-14,15(18)19-4)17-13-7-8-13/h11-14,17H,5-10H2,1-4H3. The summed E-state index contributed by atoms with van der Waals surface area (Å²) in [6.45, 7) is 6.85. The molecule has 116 valence electrons. The smallest absolute Gasteiger partial charge is 0.326 e. The van der Waals surface area contributed by atoms with E-state index in [1.165, 1.54) is 26.4 Å². The summed E-state index contributed by atoms with van der Waals surface area (Å²) in [6, 6.07) is 0.542. The number of hydrogen-bond donors (Lipinski definition) is 1. The maximum atomic E-state index is 12.3. The Morgan fingerprint density at radius 2 is 2.00 bits per heavy atom. The van der Waals surface area contributed by atoms with Crippen LogP contribution in [-0.2, 0) is 9.53 Å². The summed E-state index contributed by atoms with van der Waals surface area (Å²) in [5.41, 5.74) is -0.414. The first kappa shape index (κ1) is 16.2. The van der Waals surface area contributed by atoms with Crippen molar-refractivity contribution in [2.24, 2.45) is 5.92 Å². The predicted molar refractivity (Wildman–Crippen MR) is 85.1 cm³/mol. The lowest BCUT2D eigenvalue weighted by Gasteiger charge is -2.40. The van der Waals surface area contributed by atoms with Crippen LogP contribution in [0.4, 0.5) is 0 Å². The van der Waals surface area contributed by atoms with Crippen molar-refractivity contribution in [2.45, 2.75) is 81.4 Å². The average Bonchev–Trinajstić information content (AvgIpc) is 3.21. The van der Waals surface area contributed by atoms with Gasteiger partial charge in [0.2, 0.25) is 0 Å². The van der Waals surface area contributed by atoms with Gasteiger partial charge in [-0.15, -0.1) is 0 Å². The zero-order chi connectivity index (χ0) is 14.8. The van der Waals surface area contributed by atoms with Crippen molar-refractivity contribution in [3.8, 4) is 0 Å². The van der Waals surface area contributed by atoms with Gasteiger partial charge in [-0.05, 0) is 44.4 Å². The van der Waals surface area contributed by atoms with E-state index in [2.05, 4.69) is 37.8 Å². The summed E-state index contributed by atoms with van der Waals surface area (Å²) in [6.07, 6.45) is 6.63. The Hall–Kier alpha value is -0.220. The van der Waals surface area contributed by atoms with Gasteiger partial charge in [0.05, 0.1) is 7.11 Å². The van der Waals surface area contributed by atoms with E-state index in [0.29, 0.717) is 22.5 Å². The van der Waals surface area contributed by atoms with Gasteiger partial charge >= 0.3 is 5.97 Å². The average molecular weight is 299 g/mol. The number of esters is 1. The van der Waals surface area contributed by atoms with Gasteiger partial charge < -0.3 is 4.74 Å². The van der Waals surface area contributed by atoms with Crippen LogP contribution >= 0.6 is 11.8 Å². The quantitative estimate of drug-likeness (QED) is 0.763. The molecule has 3 nitrogen and oxygen atoms in total. The topological polar surface area (TPSA) is 38.3 Å². The fourth-order valence-electron chi connectivity index (χ4n) is 2.99. The van der Waals surface area contributed by atoms with Gasteiger partial charge in [0, 0.05) is 16.5 Å². The summed E-state index contributed by atoms with van der Waals surface area (Å²) in [5.74, 6) is 0.637. The molecule has 0 spiro atoms. The molecule has 2 aliphatic rings. The minimum absolute atomic E-state index is 0.0492. The van der Waals surface area contributed by atoms with Crippen molar-refractivity contribution < 1.29 is 9.53 Å². The van der Waals surface area contributed by atoms with Crippen LogP contribution in [0.15, 0.2) is 0 Å². The van der Waals surface area contributed by atoms with E-state index in [-0.39, 0.29) is 5.97 Å². The fraction of sp³-hybridized carbons (Fsp3) is 0.938. The molecule has 0 aliphatic heterocycles. The first-order valence-corrected chi connectivity index (χ1v) is 8.92. The van der Waals surface area contributed by atoms with Crippen molar-refractivity contribution in [1.82, 2.24) is 5.32 Å². The molecule has 2 aliphatic carbocycles. The van der Waals surface area contributed by atoms with E-state index in [4.69, 9.17) is 4.74 Å². The van der Waals surface area contributed by atoms with Gasteiger partial charge in [0.1, 0.15) is 5.54 Å². The second-order valence-corrected chi connectivity index (χ2v) is 8.48. The molecule has 3 unspecified atom stereocenters. The minimum atomic E-state index is -0.414. The van der Waals surface area contributed by atoms with Crippen molar-refractivity contribution >= 4 is 17.7 Å². The molecular formula is C16H29NO2S. The van der Waals surface area contributed by atoms with E-state index in [9.17, 15) is 4.79 Å². The highest BCUT2D eigenvalue weighted by molar-refractivity contribution is 8.00. The molecule has 2 rings (SSSR count).